The number of piperazine rings is 3. The minimum absolute atomic E-state index is 0.682. The van der Waals surface area contributed by atoms with E-state index in [0.29, 0.717) is 19.8 Å². The van der Waals surface area contributed by atoms with Gasteiger partial charge in [0.2, 0.25) is 0 Å². The Kier molecular flexibility index (Phi) is 6.65. The second kappa shape index (κ2) is 8.03. The van der Waals surface area contributed by atoms with Crippen molar-refractivity contribution in [1.82, 2.24) is 4.90 Å². The summed E-state index contributed by atoms with van der Waals surface area (Å²) in [6, 6.07) is 0.965. The minimum atomic E-state index is -2.43. The van der Waals surface area contributed by atoms with Gasteiger partial charge in [-0.1, -0.05) is 0 Å². The molecule has 0 amide bonds. The summed E-state index contributed by atoms with van der Waals surface area (Å²) in [5, 5.41) is 0. The summed E-state index contributed by atoms with van der Waals surface area (Å²) in [6.07, 6.45) is 1.16. The first-order valence-electron chi connectivity index (χ1n) is 8.67. The molecule has 3 heterocycles. The minimum Gasteiger partial charge on any atom is -0.374 e. The lowest BCUT2D eigenvalue weighted by Gasteiger charge is -2.50. The molecule has 3 fully saturated rings. The Balaban J connectivity index is 1.85. The van der Waals surface area contributed by atoms with Crippen molar-refractivity contribution in [1.29, 1.82) is 0 Å². The lowest BCUT2D eigenvalue weighted by molar-refractivity contribution is -0.941. The van der Waals surface area contributed by atoms with E-state index in [4.69, 9.17) is 13.3 Å². The molecule has 0 unspecified atom stereocenters. The van der Waals surface area contributed by atoms with Gasteiger partial charge >= 0.3 is 8.80 Å². The highest BCUT2D eigenvalue weighted by Gasteiger charge is 2.42. The van der Waals surface area contributed by atoms with Crippen molar-refractivity contribution in [2.24, 2.45) is 0 Å². The third-order valence-electron chi connectivity index (χ3n) is 4.88. The van der Waals surface area contributed by atoms with Gasteiger partial charge in [-0.2, -0.15) is 0 Å². The SMILES string of the molecule is CCO[Si](CCC[N+]12CCN(CC1)CC2)(OCC)OCC. The molecular weight excluding hydrogens is 284 g/mol. The van der Waals surface area contributed by atoms with Crippen molar-refractivity contribution in [3.05, 3.63) is 0 Å². The number of quaternary nitrogens is 1. The van der Waals surface area contributed by atoms with E-state index in [1.807, 2.05) is 20.8 Å². The predicted molar refractivity (Wildman–Crippen MR) is 86.2 cm³/mol. The van der Waals surface area contributed by atoms with Crippen molar-refractivity contribution in [3.8, 4) is 0 Å². The number of nitrogens with zero attached hydrogens (tertiary/aromatic N) is 2. The Morgan fingerprint density at radius 3 is 1.76 bits per heavy atom. The number of hydrogen-bond donors (Lipinski definition) is 0. The van der Waals surface area contributed by atoms with Crippen LogP contribution >= 0.6 is 0 Å². The number of hydrogen-bond acceptors (Lipinski definition) is 4. The van der Waals surface area contributed by atoms with E-state index in [0.717, 1.165) is 12.5 Å². The van der Waals surface area contributed by atoms with Crippen LogP contribution in [-0.4, -0.2) is 83.8 Å². The van der Waals surface area contributed by atoms with Crippen LogP contribution in [0, 0.1) is 0 Å². The molecule has 0 atom stereocenters. The maximum absolute atomic E-state index is 5.96. The summed E-state index contributed by atoms with van der Waals surface area (Å²) in [4.78, 5) is 2.60. The fraction of sp³-hybridized carbons (Fsp3) is 1.00. The average Bonchev–Trinajstić information content (AvgIpc) is 2.50. The highest BCUT2D eigenvalue weighted by molar-refractivity contribution is 6.60. The van der Waals surface area contributed by atoms with Gasteiger partial charge in [0.15, 0.2) is 0 Å². The molecule has 0 saturated carbocycles. The van der Waals surface area contributed by atoms with E-state index >= 15 is 0 Å². The quantitative estimate of drug-likeness (QED) is 0.452. The lowest BCUT2D eigenvalue weighted by Crippen LogP contribution is -2.67. The van der Waals surface area contributed by atoms with Gasteiger partial charge in [-0.25, -0.2) is 0 Å². The van der Waals surface area contributed by atoms with Crippen LogP contribution in [0.5, 0.6) is 0 Å². The molecule has 0 radical (unpaired) electrons. The normalized spacial score (nSPS) is 29.0. The average molecular weight is 318 g/mol. The smallest absolute Gasteiger partial charge is 0.374 e. The zero-order valence-corrected chi connectivity index (χ0v) is 15.1. The van der Waals surface area contributed by atoms with E-state index in [9.17, 15) is 0 Å². The summed E-state index contributed by atoms with van der Waals surface area (Å²) in [7, 11) is -2.43. The summed E-state index contributed by atoms with van der Waals surface area (Å²) in [5.41, 5.74) is 0. The second-order valence-corrected chi connectivity index (χ2v) is 8.90. The third-order valence-corrected chi connectivity index (χ3v) is 8.03. The van der Waals surface area contributed by atoms with Crippen LogP contribution in [0.4, 0.5) is 0 Å². The molecule has 3 saturated heterocycles. The van der Waals surface area contributed by atoms with Crippen LogP contribution in [0.2, 0.25) is 6.04 Å². The molecule has 3 aliphatic heterocycles. The van der Waals surface area contributed by atoms with Gasteiger partial charge in [0.05, 0.1) is 26.2 Å². The van der Waals surface area contributed by atoms with Gasteiger partial charge in [0.25, 0.3) is 0 Å². The van der Waals surface area contributed by atoms with Crippen molar-refractivity contribution < 1.29 is 17.8 Å². The van der Waals surface area contributed by atoms with E-state index in [1.54, 1.807) is 0 Å². The van der Waals surface area contributed by atoms with Crippen LogP contribution in [0.25, 0.3) is 0 Å². The Labute approximate surface area is 131 Å². The maximum Gasteiger partial charge on any atom is 0.501 e. The molecule has 3 aliphatic rings. The first kappa shape index (κ1) is 17.4. The third kappa shape index (κ3) is 4.50. The molecule has 3 rings (SSSR count). The number of rotatable bonds is 10. The zero-order chi connectivity index (χ0) is 15.2. The fourth-order valence-corrected chi connectivity index (χ4v) is 6.29. The first-order valence-corrected chi connectivity index (χ1v) is 10.6. The van der Waals surface area contributed by atoms with Gasteiger partial charge in [0.1, 0.15) is 0 Å². The Hall–Kier alpha value is 0.0169. The molecule has 0 aliphatic carbocycles. The summed E-state index contributed by atoms with van der Waals surface area (Å²) < 4.78 is 19.2. The Morgan fingerprint density at radius 2 is 1.33 bits per heavy atom. The Bertz CT molecular complexity index is 278. The van der Waals surface area contributed by atoms with Crippen molar-refractivity contribution in [2.75, 3.05) is 65.6 Å². The zero-order valence-electron chi connectivity index (χ0n) is 14.1. The van der Waals surface area contributed by atoms with Crippen LogP contribution in [0.1, 0.15) is 27.2 Å². The molecule has 124 valence electrons. The van der Waals surface area contributed by atoms with Gasteiger partial charge in [0, 0.05) is 51.9 Å². The standard InChI is InChI=1S/C15H33N2O3Si/c1-4-18-21(19-5-2,20-6-3)15-7-11-17-12-8-16(9-13-17)10-14-17/h4-15H2,1-3H3/q+1. The predicted octanol–water partition coefficient (Wildman–Crippen LogP) is 1.57. The molecule has 0 aromatic carbocycles. The topological polar surface area (TPSA) is 30.9 Å². The maximum atomic E-state index is 5.96. The van der Waals surface area contributed by atoms with Gasteiger partial charge in [-0.3, -0.25) is 4.90 Å². The van der Waals surface area contributed by atoms with Gasteiger partial charge in [-0.15, -0.1) is 0 Å². The van der Waals surface area contributed by atoms with Crippen LogP contribution in [0.15, 0.2) is 0 Å². The summed E-state index contributed by atoms with van der Waals surface area (Å²) in [5.74, 6) is 0. The van der Waals surface area contributed by atoms with Crippen molar-refractivity contribution in [2.45, 2.75) is 33.2 Å². The highest BCUT2D eigenvalue weighted by atomic mass is 28.4. The van der Waals surface area contributed by atoms with Crippen molar-refractivity contribution >= 4 is 8.80 Å². The molecule has 2 bridgehead atoms. The molecule has 0 N–H and O–H groups in total. The van der Waals surface area contributed by atoms with Gasteiger partial charge < -0.3 is 17.8 Å². The van der Waals surface area contributed by atoms with E-state index in [2.05, 4.69) is 4.90 Å². The van der Waals surface area contributed by atoms with E-state index in [-0.39, 0.29) is 0 Å². The lowest BCUT2D eigenvalue weighted by atomic mass is 10.1. The molecule has 21 heavy (non-hydrogen) atoms. The van der Waals surface area contributed by atoms with Crippen molar-refractivity contribution in [3.63, 3.8) is 0 Å². The molecule has 6 heteroatoms. The fourth-order valence-electron chi connectivity index (χ4n) is 3.70. The molecule has 5 nitrogen and oxygen atoms in total. The molecule has 0 aromatic rings. The molecule has 0 aromatic heterocycles. The highest BCUT2D eigenvalue weighted by Crippen LogP contribution is 2.24. The first-order chi connectivity index (χ1) is 10.2. The molecular formula is C15H33N2O3Si+. The van der Waals surface area contributed by atoms with E-state index in [1.165, 1.54) is 50.3 Å². The van der Waals surface area contributed by atoms with Crippen LogP contribution in [0.3, 0.4) is 0 Å². The number of fused-ring (bicyclic) bond motifs is 3. The van der Waals surface area contributed by atoms with Gasteiger partial charge in [-0.05, 0) is 20.8 Å². The van der Waals surface area contributed by atoms with Crippen LogP contribution in [-0.2, 0) is 13.3 Å². The monoisotopic (exact) mass is 317 g/mol. The van der Waals surface area contributed by atoms with E-state index < -0.39 is 8.80 Å². The summed E-state index contributed by atoms with van der Waals surface area (Å²) in [6.45, 7) is 17.2. The largest absolute Gasteiger partial charge is 0.501 e. The van der Waals surface area contributed by atoms with Crippen LogP contribution < -0.4 is 0 Å². The molecule has 0 spiro atoms. The Morgan fingerprint density at radius 1 is 0.857 bits per heavy atom. The second-order valence-electron chi connectivity index (χ2n) is 6.16. The summed E-state index contributed by atoms with van der Waals surface area (Å²) >= 11 is 0.